The molecule has 1 aromatic rings. The van der Waals surface area contributed by atoms with Crippen LogP contribution in [0.15, 0.2) is 27.8 Å². The van der Waals surface area contributed by atoms with Crippen LogP contribution in [0.2, 0.25) is 0 Å². The van der Waals surface area contributed by atoms with Gasteiger partial charge in [-0.1, -0.05) is 6.42 Å². The molecule has 7 heteroatoms. The Bertz CT molecular complexity index is 521. The first-order valence-corrected chi connectivity index (χ1v) is 10.0. The highest BCUT2D eigenvalue weighted by atomic mass is 127. The Morgan fingerprint density at radius 1 is 1.19 bits per heavy atom. The monoisotopic (exact) mass is 491 g/mol. The molecule has 0 aliphatic carbocycles. The van der Waals surface area contributed by atoms with Crippen LogP contribution in [0.3, 0.4) is 0 Å². The molecule has 0 spiro atoms. The fourth-order valence-electron chi connectivity index (χ4n) is 3.23. The first-order chi connectivity index (χ1) is 12.5. The summed E-state index contributed by atoms with van der Waals surface area (Å²) in [6.07, 6.45) is 5.61. The highest BCUT2D eigenvalue weighted by Crippen LogP contribution is 2.25. The third-order valence-corrected chi connectivity index (χ3v) is 4.54. The van der Waals surface area contributed by atoms with Crippen molar-refractivity contribution in [3.8, 4) is 0 Å². The predicted octanol–water partition coefficient (Wildman–Crippen LogP) is 3.37. The Kier molecular flexibility index (Phi) is 11.3. The van der Waals surface area contributed by atoms with Crippen molar-refractivity contribution in [1.29, 1.82) is 0 Å². The Morgan fingerprint density at radius 2 is 1.93 bits per heavy atom. The van der Waals surface area contributed by atoms with Gasteiger partial charge in [0.15, 0.2) is 5.96 Å². The maximum Gasteiger partial charge on any atom is 0.191 e. The molecule has 0 aromatic carbocycles. The van der Waals surface area contributed by atoms with Gasteiger partial charge in [0.05, 0.1) is 18.8 Å². The van der Waals surface area contributed by atoms with E-state index in [1.54, 1.807) is 6.26 Å². The van der Waals surface area contributed by atoms with Gasteiger partial charge in [0.25, 0.3) is 0 Å². The zero-order valence-electron chi connectivity index (χ0n) is 17.4. The summed E-state index contributed by atoms with van der Waals surface area (Å²) in [4.78, 5) is 7.35. The molecular formula is C20H38IN5O. The fourth-order valence-corrected chi connectivity index (χ4v) is 3.23. The summed E-state index contributed by atoms with van der Waals surface area (Å²) >= 11 is 0. The Hall–Kier alpha value is -0.800. The third kappa shape index (κ3) is 9.30. The van der Waals surface area contributed by atoms with Gasteiger partial charge in [-0.05, 0) is 65.8 Å². The van der Waals surface area contributed by atoms with Gasteiger partial charge in [-0.3, -0.25) is 9.89 Å². The number of piperidine rings is 1. The van der Waals surface area contributed by atoms with Crippen molar-refractivity contribution in [3.05, 3.63) is 24.2 Å². The Labute approximate surface area is 182 Å². The summed E-state index contributed by atoms with van der Waals surface area (Å²) in [6.45, 7) is 14.2. The van der Waals surface area contributed by atoms with E-state index in [2.05, 4.69) is 54.6 Å². The molecule has 0 saturated carbocycles. The maximum absolute atomic E-state index is 5.72. The minimum absolute atomic E-state index is 0. The number of guanidine groups is 1. The lowest BCUT2D eigenvalue weighted by Crippen LogP contribution is -2.45. The fraction of sp³-hybridized carbons (Fsp3) is 0.750. The number of aliphatic imine (C=N–C) groups is 1. The van der Waals surface area contributed by atoms with E-state index in [1.807, 2.05) is 6.07 Å². The second-order valence-electron chi connectivity index (χ2n) is 7.95. The van der Waals surface area contributed by atoms with Gasteiger partial charge in [0.1, 0.15) is 5.76 Å². The molecule has 156 valence electrons. The molecule has 1 aromatic heterocycles. The van der Waals surface area contributed by atoms with Crippen molar-refractivity contribution < 1.29 is 4.42 Å². The number of hydrogen-bond acceptors (Lipinski definition) is 4. The van der Waals surface area contributed by atoms with Crippen LogP contribution in [0.5, 0.6) is 0 Å². The van der Waals surface area contributed by atoms with Crippen molar-refractivity contribution in [3.63, 3.8) is 0 Å². The summed E-state index contributed by atoms with van der Waals surface area (Å²) in [5.41, 5.74) is 0.135. The molecule has 0 bridgehead atoms. The predicted molar refractivity (Wildman–Crippen MR) is 124 cm³/mol. The number of nitrogens with one attached hydrogen (secondary N) is 3. The van der Waals surface area contributed by atoms with Crippen LogP contribution in [0.25, 0.3) is 0 Å². The summed E-state index contributed by atoms with van der Waals surface area (Å²) in [6, 6.07) is 4.26. The molecular weight excluding hydrogens is 453 g/mol. The van der Waals surface area contributed by atoms with Crippen LogP contribution in [0, 0.1) is 0 Å². The molecule has 1 atom stereocenters. The van der Waals surface area contributed by atoms with Gasteiger partial charge in [0, 0.05) is 25.2 Å². The third-order valence-electron chi connectivity index (χ3n) is 4.54. The number of halogens is 1. The Morgan fingerprint density at radius 3 is 2.52 bits per heavy atom. The minimum Gasteiger partial charge on any atom is -0.468 e. The van der Waals surface area contributed by atoms with Crippen LogP contribution in [-0.2, 0) is 0 Å². The summed E-state index contributed by atoms with van der Waals surface area (Å²) in [5.74, 6) is 1.89. The smallest absolute Gasteiger partial charge is 0.191 e. The SMILES string of the molecule is CCNC(=NCC(c1ccco1)N1CCCCC1)NCCNC(C)(C)C.I. The highest BCUT2D eigenvalue weighted by Gasteiger charge is 2.24. The average molecular weight is 491 g/mol. The van der Waals surface area contributed by atoms with Gasteiger partial charge >= 0.3 is 0 Å². The molecule has 2 rings (SSSR count). The first-order valence-electron chi connectivity index (χ1n) is 10.0. The topological polar surface area (TPSA) is 64.8 Å². The van der Waals surface area contributed by atoms with Crippen LogP contribution in [-0.4, -0.2) is 55.7 Å². The van der Waals surface area contributed by atoms with Gasteiger partial charge in [-0.2, -0.15) is 0 Å². The second-order valence-corrected chi connectivity index (χ2v) is 7.95. The molecule has 27 heavy (non-hydrogen) atoms. The van der Waals surface area contributed by atoms with Gasteiger partial charge in [-0.25, -0.2) is 0 Å². The first kappa shape index (κ1) is 24.2. The molecule has 1 aliphatic heterocycles. The van der Waals surface area contributed by atoms with E-state index < -0.39 is 0 Å². The number of rotatable bonds is 8. The maximum atomic E-state index is 5.72. The van der Waals surface area contributed by atoms with Crippen molar-refractivity contribution in [2.24, 2.45) is 4.99 Å². The minimum atomic E-state index is 0. The average Bonchev–Trinajstić information content (AvgIpc) is 3.13. The molecule has 1 aliphatic rings. The van der Waals surface area contributed by atoms with E-state index in [9.17, 15) is 0 Å². The van der Waals surface area contributed by atoms with Crippen molar-refractivity contribution in [2.75, 3.05) is 39.3 Å². The molecule has 2 heterocycles. The van der Waals surface area contributed by atoms with Gasteiger partial charge in [-0.15, -0.1) is 24.0 Å². The molecule has 1 saturated heterocycles. The van der Waals surface area contributed by atoms with Crippen LogP contribution < -0.4 is 16.0 Å². The van der Waals surface area contributed by atoms with Crippen molar-refractivity contribution >= 4 is 29.9 Å². The van der Waals surface area contributed by atoms with Crippen LogP contribution >= 0.6 is 24.0 Å². The summed E-state index contributed by atoms with van der Waals surface area (Å²) < 4.78 is 5.72. The Balaban J connectivity index is 0.00000364. The molecule has 0 amide bonds. The van der Waals surface area contributed by atoms with E-state index in [1.165, 1.54) is 19.3 Å². The van der Waals surface area contributed by atoms with Gasteiger partial charge < -0.3 is 20.4 Å². The lowest BCUT2D eigenvalue weighted by Gasteiger charge is -2.32. The lowest BCUT2D eigenvalue weighted by molar-refractivity contribution is 0.150. The normalized spacial score (nSPS) is 17.3. The molecule has 0 radical (unpaired) electrons. The summed E-state index contributed by atoms with van der Waals surface area (Å²) in [5, 5.41) is 10.3. The summed E-state index contributed by atoms with van der Waals surface area (Å²) in [7, 11) is 0. The van der Waals surface area contributed by atoms with Gasteiger partial charge in [0.2, 0.25) is 0 Å². The second kappa shape index (κ2) is 12.6. The van der Waals surface area contributed by atoms with E-state index in [0.717, 1.165) is 44.4 Å². The number of furan rings is 1. The van der Waals surface area contributed by atoms with Crippen LogP contribution in [0.1, 0.15) is 58.8 Å². The number of likely N-dealkylation sites (tertiary alicyclic amines) is 1. The van der Waals surface area contributed by atoms with E-state index in [0.29, 0.717) is 6.54 Å². The lowest BCUT2D eigenvalue weighted by atomic mass is 10.1. The molecule has 1 unspecified atom stereocenters. The number of nitrogens with zero attached hydrogens (tertiary/aromatic N) is 2. The molecule has 6 nitrogen and oxygen atoms in total. The standard InChI is InChI=1S/C20H37N5O.HI/c1-5-21-19(22-11-12-24-20(2,3)4)23-16-17(18-10-9-15-26-18)25-13-7-6-8-14-25;/h9-10,15,17,24H,5-8,11-14,16H2,1-4H3,(H2,21,22,23);1H. The van der Waals surface area contributed by atoms with E-state index in [4.69, 9.17) is 9.41 Å². The molecule has 1 fully saturated rings. The van der Waals surface area contributed by atoms with E-state index >= 15 is 0 Å². The zero-order valence-corrected chi connectivity index (χ0v) is 19.7. The number of hydrogen-bond donors (Lipinski definition) is 3. The molecule has 3 N–H and O–H groups in total. The zero-order chi connectivity index (χ0) is 18.8. The quantitative estimate of drug-likeness (QED) is 0.225. The van der Waals surface area contributed by atoms with E-state index in [-0.39, 0.29) is 35.6 Å². The largest absolute Gasteiger partial charge is 0.468 e. The van der Waals surface area contributed by atoms with Crippen LogP contribution in [0.4, 0.5) is 0 Å². The van der Waals surface area contributed by atoms with Crippen molar-refractivity contribution in [2.45, 2.75) is 58.5 Å². The highest BCUT2D eigenvalue weighted by molar-refractivity contribution is 14.0. The van der Waals surface area contributed by atoms with Crippen molar-refractivity contribution in [1.82, 2.24) is 20.9 Å².